The van der Waals surface area contributed by atoms with Crippen molar-refractivity contribution in [2.24, 2.45) is 0 Å². The molecule has 120 valence electrons. The molecule has 0 aliphatic carbocycles. The first kappa shape index (κ1) is 31.0. The molecule has 2 nitrogen and oxygen atoms in total. The summed E-state index contributed by atoms with van der Waals surface area (Å²) in [5.74, 6) is 0.893. The molecule has 0 bridgehead atoms. The van der Waals surface area contributed by atoms with Crippen molar-refractivity contribution in [3.05, 3.63) is 43.5 Å². The molecule has 0 atom stereocenters. The van der Waals surface area contributed by atoms with Gasteiger partial charge < -0.3 is 4.98 Å². The van der Waals surface area contributed by atoms with E-state index in [4.69, 9.17) is 0 Å². The summed E-state index contributed by atoms with van der Waals surface area (Å²) < 4.78 is 0. The molecule has 0 unspecified atom stereocenters. The number of imidazole rings is 1. The Kier molecular flexibility index (Phi) is 55.9. The van der Waals surface area contributed by atoms with Crippen LogP contribution >= 0.6 is 0 Å². The van der Waals surface area contributed by atoms with Crippen LogP contribution in [0.25, 0.3) is 12.2 Å². The van der Waals surface area contributed by atoms with E-state index in [-0.39, 0.29) is 0 Å². The molecule has 1 heterocycles. The van der Waals surface area contributed by atoms with Gasteiger partial charge in [-0.3, -0.25) is 0 Å². The van der Waals surface area contributed by atoms with Crippen LogP contribution in [0.15, 0.2) is 26.3 Å². The van der Waals surface area contributed by atoms with E-state index < -0.39 is 0 Å². The molecule has 0 saturated heterocycles. The Bertz CT molecular complexity index is 247. The van der Waals surface area contributed by atoms with Gasteiger partial charge in [-0.1, -0.05) is 68.5 Å². The van der Waals surface area contributed by atoms with Crippen molar-refractivity contribution in [3.8, 4) is 0 Å². The Hall–Kier alpha value is -1.57. The first-order chi connectivity index (χ1) is 9.77. The van der Waals surface area contributed by atoms with Gasteiger partial charge >= 0.3 is 0 Å². The molecule has 0 saturated carbocycles. The highest BCUT2D eigenvalue weighted by molar-refractivity contribution is 5.57. The number of nitrogens with one attached hydrogen (secondary N) is 1. The molecule has 0 amide bonds. The summed E-state index contributed by atoms with van der Waals surface area (Å²) >= 11 is 0. The van der Waals surface area contributed by atoms with Crippen LogP contribution in [0.4, 0.5) is 0 Å². The zero-order valence-corrected chi connectivity index (χ0v) is 15.4. The number of aromatic nitrogens is 2. The van der Waals surface area contributed by atoms with Crippen molar-refractivity contribution in [2.45, 2.75) is 62.3 Å². The van der Waals surface area contributed by atoms with Crippen LogP contribution in [-0.2, 0) is 0 Å². The van der Waals surface area contributed by atoms with Gasteiger partial charge in [-0.25, -0.2) is 4.98 Å². The first-order valence-electron chi connectivity index (χ1n) is 7.59. The number of hydrogen-bond acceptors (Lipinski definition) is 1. The fraction of sp³-hybridized carbons (Fsp3) is 0.500. The second kappa shape index (κ2) is 36.0. The van der Waals surface area contributed by atoms with E-state index in [0.717, 1.165) is 17.2 Å². The minimum atomic E-state index is 0.868. The fourth-order valence-electron chi connectivity index (χ4n) is 0.839. The predicted molar refractivity (Wildman–Crippen MR) is 100 cm³/mol. The number of nitrogens with zero attached hydrogens (tertiary/aromatic N) is 1. The maximum atomic E-state index is 4.16. The monoisotopic (exact) mass is 282 g/mol. The van der Waals surface area contributed by atoms with Crippen LogP contribution in [0.5, 0.6) is 0 Å². The smallest absolute Gasteiger partial charge is 0.104 e. The summed E-state index contributed by atoms with van der Waals surface area (Å²) in [5, 5.41) is 0. The Morgan fingerprint density at radius 1 is 0.800 bits per heavy atom. The minimum absolute atomic E-state index is 0.868. The van der Waals surface area contributed by atoms with E-state index in [1.54, 1.807) is 12.2 Å². The maximum Gasteiger partial charge on any atom is 0.104 e. The maximum absolute atomic E-state index is 4.16. The summed E-state index contributed by atoms with van der Waals surface area (Å²) in [7, 11) is 0. The lowest BCUT2D eigenvalue weighted by Gasteiger charge is -1.84. The highest BCUT2D eigenvalue weighted by atomic mass is 14.9. The Morgan fingerprint density at radius 2 is 1.15 bits per heavy atom. The van der Waals surface area contributed by atoms with Crippen molar-refractivity contribution in [1.29, 1.82) is 0 Å². The van der Waals surface area contributed by atoms with Gasteiger partial charge in [-0.2, -0.15) is 0 Å². The van der Waals surface area contributed by atoms with E-state index in [1.807, 2.05) is 62.3 Å². The molecule has 1 rings (SSSR count). The third kappa shape index (κ3) is 18.8. The van der Waals surface area contributed by atoms with Crippen molar-refractivity contribution < 1.29 is 0 Å². The van der Waals surface area contributed by atoms with Crippen molar-refractivity contribution >= 4 is 12.2 Å². The van der Waals surface area contributed by atoms with Crippen molar-refractivity contribution in [2.75, 3.05) is 0 Å². The highest BCUT2D eigenvalue weighted by Gasteiger charge is 1.98. The van der Waals surface area contributed by atoms with Crippen LogP contribution < -0.4 is 0 Å². The van der Waals surface area contributed by atoms with E-state index in [1.165, 1.54) is 0 Å². The van der Waals surface area contributed by atoms with E-state index in [9.17, 15) is 0 Å². The summed E-state index contributed by atoms with van der Waals surface area (Å²) in [6.45, 7) is 31.2. The Morgan fingerprint density at radius 3 is 1.35 bits per heavy atom. The molecule has 20 heavy (non-hydrogen) atoms. The van der Waals surface area contributed by atoms with Crippen molar-refractivity contribution in [3.63, 3.8) is 0 Å². The van der Waals surface area contributed by atoms with Crippen LogP contribution in [0.2, 0.25) is 0 Å². The number of rotatable bonds is 2. The molecule has 0 aliphatic heterocycles. The average molecular weight is 283 g/mol. The van der Waals surface area contributed by atoms with Gasteiger partial charge in [0.1, 0.15) is 5.82 Å². The molecular formula is C18H38N2. The zero-order chi connectivity index (χ0) is 17.6. The Labute approximate surface area is 128 Å². The summed E-state index contributed by atoms with van der Waals surface area (Å²) in [4.78, 5) is 7.20. The SMILES string of the molecule is C=C.C=Cc1nc(C)[nH]c1C=C.CC.CC.CC.CC. The molecule has 1 aromatic rings. The lowest BCUT2D eigenvalue weighted by Crippen LogP contribution is -1.73. The third-order valence-electron chi connectivity index (χ3n) is 1.28. The molecular weight excluding hydrogens is 244 g/mol. The van der Waals surface area contributed by atoms with Crippen LogP contribution in [-0.4, -0.2) is 9.97 Å². The molecule has 0 spiro atoms. The van der Waals surface area contributed by atoms with Crippen LogP contribution in [0, 0.1) is 6.92 Å². The molecule has 0 radical (unpaired) electrons. The molecule has 0 fully saturated rings. The van der Waals surface area contributed by atoms with Gasteiger partial charge in [0.2, 0.25) is 0 Å². The fourth-order valence-corrected chi connectivity index (χ4v) is 0.839. The van der Waals surface area contributed by atoms with Gasteiger partial charge in [-0.05, 0) is 19.1 Å². The minimum Gasteiger partial charge on any atom is -0.342 e. The number of H-pyrrole nitrogens is 1. The third-order valence-corrected chi connectivity index (χ3v) is 1.28. The van der Waals surface area contributed by atoms with Gasteiger partial charge in [0.05, 0.1) is 11.4 Å². The van der Waals surface area contributed by atoms with E-state index in [0.29, 0.717) is 0 Å². The number of aromatic amines is 1. The van der Waals surface area contributed by atoms with Crippen LogP contribution in [0.1, 0.15) is 72.6 Å². The largest absolute Gasteiger partial charge is 0.342 e. The van der Waals surface area contributed by atoms with Gasteiger partial charge in [0.15, 0.2) is 0 Å². The zero-order valence-electron chi connectivity index (χ0n) is 15.4. The quantitative estimate of drug-likeness (QED) is 0.586. The molecule has 0 aromatic carbocycles. The predicted octanol–water partition coefficient (Wildman–Crippen LogP) is 6.91. The number of aryl methyl sites for hydroxylation is 1. The van der Waals surface area contributed by atoms with Gasteiger partial charge in [0.25, 0.3) is 0 Å². The average Bonchev–Trinajstić information content (AvgIpc) is 2.97. The second-order valence-electron chi connectivity index (χ2n) is 2.03. The Balaban J connectivity index is -0.0000000639. The summed E-state index contributed by atoms with van der Waals surface area (Å²) in [6, 6.07) is 0. The first-order valence-corrected chi connectivity index (χ1v) is 7.59. The molecule has 2 heteroatoms. The lowest BCUT2D eigenvalue weighted by molar-refractivity contribution is 1.14. The highest BCUT2D eigenvalue weighted by Crippen LogP contribution is 2.07. The normalized spacial score (nSPS) is 6.05. The second-order valence-corrected chi connectivity index (χ2v) is 2.03. The van der Waals surface area contributed by atoms with Crippen LogP contribution in [0.3, 0.4) is 0 Å². The summed E-state index contributed by atoms with van der Waals surface area (Å²) in [5.41, 5.74) is 1.81. The molecule has 1 N–H and O–H groups in total. The molecule has 1 aromatic heterocycles. The van der Waals surface area contributed by atoms with E-state index >= 15 is 0 Å². The van der Waals surface area contributed by atoms with Gasteiger partial charge in [-0.15, -0.1) is 13.2 Å². The lowest BCUT2D eigenvalue weighted by atomic mass is 10.3. The molecule has 0 aliphatic rings. The van der Waals surface area contributed by atoms with Gasteiger partial charge in [0, 0.05) is 0 Å². The summed E-state index contributed by atoms with van der Waals surface area (Å²) in [6.07, 6.45) is 3.44. The number of hydrogen-bond donors (Lipinski definition) is 1. The topological polar surface area (TPSA) is 28.7 Å². The van der Waals surface area contributed by atoms with E-state index in [2.05, 4.69) is 36.3 Å². The standard InChI is InChI=1S/C8H10N2.4C2H6.C2H4/c1-4-7-8(5-2)10-6(3)9-7;5*1-2/h4-5H,1-2H2,3H3,(H,9,10);4*1-2H3;1-2H2. The van der Waals surface area contributed by atoms with Crippen molar-refractivity contribution in [1.82, 2.24) is 9.97 Å².